The van der Waals surface area contributed by atoms with Crippen LogP contribution in [0.3, 0.4) is 0 Å². The second-order valence-electron chi connectivity index (χ2n) is 3.85. The van der Waals surface area contributed by atoms with Crippen LogP contribution in [0.4, 0.5) is 18.9 Å². The van der Waals surface area contributed by atoms with Crippen LogP contribution in [-0.2, 0) is 0 Å². The number of nitrogen functional groups attached to an aromatic ring is 1. The molecule has 1 heterocycles. The Labute approximate surface area is 103 Å². The molecule has 1 rings (SSSR count). The molecule has 0 unspecified atom stereocenters. The number of nitrogens with zero attached hydrogens (tertiary/aromatic N) is 2. The average molecular weight is 260 g/mol. The minimum Gasteiger partial charge on any atom is -0.382 e. The van der Waals surface area contributed by atoms with Crippen LogP contribution >= 0.6 is 0 Å². The Morgan fingerprint density at radius 2 is 2.17 bits per heavy atom. The molecule has 0 radical (unpaired) electrons. The van der Waals surface area contributed by atoms with Gasteiger partial charge in [-0.15, -0.1) is 0 Å². The molecule has 0 saturated heterocycles. The van der Waals surface area contributed by atoms with Crippen molar-refractivity contribution in [1.29, 1.82) is 5.41 Å². The first-order valence-electron chi connectivity index (χ1n) is 5.45. The number of rotatable bonds is 5. The Morgan fingerprint density at radius 3 is 2.67 bits per heavy atom. The lowest BCUT2D eigenvalue weighted by Gasteiger charge is -2.25. The molecule has 0 aliphatic heterocycles. The minimum absolute atomic E-state index is 0.177. The van der Waals surface area contributed by atoms with Crippen molar-refractivity contribution in [2.75, 3.05) is 18.0 Å². The van der Waals surface area contributed by atoms with Crippen LogP contribution in [-0.4, -0.2) is 30.1 Å². The fourth-order valence-electron chi connectivity index (χ4n) is 1.55. The fourth-order valence-corrected chi connectivity index (χ4v) is 1.55. The summed E-state index contributed by atoms with van der Waals surface area (Å²) in [6.45, 7) is 1.06. The van der Waals surface area contributed by atoms with E-state index in [1.54, 1.807) is 6.92 Å². The van der Waals surface area contributed by atoms with Gasteiger partial charge >= 0.3 is 6.18 Å². The van der Waals surface area contributed by atoms with Crippen LogP contribution in [0.5, 0.6) is 0 Å². The van der Waals surface area contributed by atoms with Gasteiger partial charge < -0.3 is 10.6 Å². The number of anilines is 1. The van der Waals surface area contributed by atoms with Crippen molar-refractivity contribution in [3.63, 3.8) is 0 Å². The topological polar surface area (TPSA) is 66.0 Å². The third-order valence-electron chi connectivity index (χ3n) is 2.25. The van der Waals surface area contributed by atoms with Crippen LogP contribution < -0.4 is 10.6 Å². The zero-order valence-corrected chi connectivity index (χ0v) is 9.96. The number of pyridine rings is 1. The van der Waals surface area contributed by atoms with Crippen molar-refractivity contribution in [1.82, 2.24) is 4.98 Å². The van der Waals surface area contributed by atoms with E-state index < -0.39 is 12.7 Å². The zero-order valence-electron chi connectivity index (χ0n) is 9.96. The van der Waals surface area contributed by atoms with Crippen LogP contribution in [0.15, 0.2) is 18.3 Å². The molecule has 0 aliphatic rings. The summed E-state index contributed by atoms with van der Waals surface area (Å²) in [7, 11) is 0. The van der Waals surface area contributed by atoms with Gasteiger partial charge in [0, 0.05) is 18.4 Å². The molecule has 0 amide bonds. The van der Waals surface area contributed by atoms with E-state index in [4.69, 9.17) is 11.1 Å². The van der Waals surface area contributed by atoms with E-state index in [2.05, 4.69) is 4.98 Å². The maximum Gasteiger partial charge on any atom is 0.405 e. The standard InChI is InChI=1S/C11H15F3N4/c1-2-5-18(7-11(12,13)14)8-3-4-17-9(6-8)10(15)16/h3-4,6H,2,5,7H2,1H3,(H3,15,16). The van der Waals surface area contributed by atoms with Gasteiger partial charge in [0.1, 0.15) is 18.1 Å². The SMILES string of the molecule is CCCN(CC(F)(F)F)c1ccnc(C(=N)N)c1. The Bertz CT molecular complexity index is 417. The van der Waals surface area contributed by atoms with Crippen molar-refractivity contribution in [3.05, 3.63) is 24.0 Å². The summed E-state index contributed by atoms with van der Waals surface area (Å²) in [5.74, 6) is -0.264. The molecule has 18 heavy (non-hydrogen) atoms. The number of amidine groups is 1. The van der Waals surface area contributed by atoms with Gasteiger partial charge in [-0.2, -0.15) is 13.2 Å². The van der Waals surface area contributed by atoms with Gasteiger partial charge in [0.2, 0.25) is 0 Å². The van der Waals surface area contributed by atoms with Crippen LogP contribution in [0.1, 0.15) is 19.0 Å². The molecule has 0 spiro atoms. The van der Waals surface area contributed by atoms with Gasteiger partial charge in [-0.1, -0.05) is 6.92 Å². The van der Waals surface area contributed by atoms with Crippen molar-refractivity contribution >= 4 is 11.5 Å². The molecular weight excluding hydrogens is 245 g/mol. The molecule has 7 heteroatoms. The monoisotopic (exact) mass is 260 g/mol. The minimum atomic E-state index is -4.27. The van der Waals surface area contributed by atoms with Crippen LogP contribution in [0, 0.1) is 5.41 Å². The summed E-state index contributed by atoms with van der Waals surface area (Å²) in [6, 6.07) is 2.87. The number of aromatic nitrogens is 1. The predicted octanol–water partition coefficient (Wildman–Crippen LogP) is 2.14. The van der Waals surface area contributed by atoms with Crippen molar-refractivity contribution < 1.29 is 13.2 Å². The summed E-state index contributed by atoms with van der Waals surface area (Å²) < 4.78 is 37.3. The quantitative estimate of drug-likeness (QED) is 0.629. The van der Waals surface area contributed by atoms with Gasteiger partial charge in [0.05, 0.1) is 0 Å². The first kappa shape index (κ1) is 14.3. The molecule has 0 aromatic carbocycles. The number of nitrogens with one attached hydrogen (secondary N) is 1. The van der Waals surface area contributed by atoms with Gasteiger partial charge in [-0.05, 0) is 18.6 Å². The van der Waals surface area contributed by atoms with Gasteiger partial charge in [0.25, 0.3) is 0 Å². The number of hydrogen-bond acceptors (Lipinski definition) is 3. The largest absolute Gasteiger partial charge is 0.405 e. The number of nitrogens with two attached hydrogens (primary N) is 1. The van der Waals surface area contributed by atoms with Gasteiger partial charge in [-0.3, -0.25) is 10.4 Å². The maximum atomic E-state index is 12.4. The summed E-state index contributed by atoms with van der Waals surface area (Å²) >= 11 is 0. The van der Waals surface area contributed by atoms with E-state index in [9.17, 15) is 13.2 Å². The molecule has 0 aliphatic carbocycles. The Balaban J connectivity index is 2.98. The smallest absolute Gasteiger partial charge is 0.382 e. The molecular formula is C11H15F3N4. The Morgan fingerprint density at radius 1 is 1.50 bits per heavy atom. The summed E-state index contributed by atoms with van der Waals surface area (Å²) in [4.78, 5) is 5.02. The highest BCUT2D eigenvalue weighted by atomic mass is 19.4. The van der Waals surface area contributed by atoms with E-state index in [1.165, 1.54) is 23.2 Å². The zero-order chi connectivity index (χ0) is 13.8. The molecule has 0 bridgehead atoms. The van der Waals surface area contributed by atoms with E-state index in [1.807, 2.05) is 0 Å². The number of halogens is 3. The van der Waals surface area contributed by atoms with Crippen molar-refractivity contribution in [2.24, 2.45) is 5.73 Å². The normalized spacial score (nSPS) is 11.3. The lowest BCUT2D eigenvalue weighted by molar-refractivity contribution is -0.119. The highest BCUT2D eigenvalue weighted by molar-refractivity contribution is 5.93. The third-order valence-corrected chi connectivity index (χ3v) is 2.25. The first-order valence-corrected chi connectivity index (χ1v) is 5.45. The number of alkyl halides is 3. The predicted molar refractivity (Wildman–Crippen MR) is 63.8 cm³/mol. The molecule has 4 nitrogen and oxygen atoms in total. The third kappa shape index (κ3) is 4.23. The highest BCUT2D eigenvalue weighted by Crippen LogP contribution is 2.22. The summed E-state index contributed by atoms with van der Waals surface area (Å²) in [5.41, 5.74) is 5.81. The molecule has 0 saturated carbocycles. The highest BCUT2D eigenvalue weighted by Gasteiger charge is 2.30. The van der Waals surface area contributed by atoms with Crippen LogP contribution in [0.25, 0.3) is 0 Å². The molecule has 1 aromatic heterocycles. The lowest BCUT2D eigenvalue weighted by Crippen LogP contribution is -2.35. The van der Waals surface area contributed by atoms with Gasteiger partial charge in [0.15, 0.2) is 0 Å². The Kier molecular flexibility index (Phi) is 4.52. The summed E-state index contributed by atoms with van der Waals surface area (Å²) in [6.07, 6.45) is -2.33. The van der Waals surface area contributed by atoms with Crippen LogP contribution in [0.2, 0.25) is 0 Å². The van der Waals surface area contributed by atoms with E-state index in [0.29, 0.717) is 12.1 Å². The molecule has 0 fully saturated rings. The van der Waals surface area contributed by atoms with Crippen molar-refractivity contribution in [2.45, 2.75) is 19.5 Å². The second-order valence-corrected chi connectivity index (χ2v) is 3.85. The van der Waals surface area contributed by atoms with E-state index in [0.717, 1.165) is 0 Å². The van der Waals surface area contributed by atoms with Crippen molar-refractivity contribution in [3.8, 4) is 0 Å². The molecule has 0 atom stereocenters. The summed E-state index contributed by atoms with van der Waals surface area (Å²) in [5, 5.41) is 7.23. The average Bonchev–Trinajstić information content (AvgIpc) is 2.27. The first-order chi connectivity index (χ1) is 8.33. The molecule has 3 N–H and O–H groups in total. The second kappa shape index (κ2) is 5.70. The van der Waals surface area contributed by atoms with Gasteiger partial charge in [-0.25, -0.2) is 0 Å². The number of hydrogen-bond donors (Lipinski definition) is 2. The molecule has 1 aromatic rings. The molecule has 100 valence electrons. The maximum absolute atomic E-state index is 12.4. The fraction of sp³-hybridized carbons (Fsp3) is 0.455. The Hall–Kier alpha value is -1.79. The van der Waals surface area contributed by atoms with E-state index >= 15 is 0 Å². The lowest BCUT2D eigenvalue weighted by atomic mass is 10.2. The van der Waals surface area contributed by atoms with E-state index in [-0.39, 0.29) is 18.1 Å².